The van der Waals surface area contributed by atoms with Gasteiger partial charge < -0.3 is 0 Å². The molecule has 0 heteroatoms. The normalized spacial score (nSPS) is 44.7. The lowest BCUT2D eigenvalue weighted by Crippen LogP contribution is -2.01. The van der Waals surface area contributed by atoms with E-state index < -0.39 is 0 Å². The molecule has 2 saturated carbocycles. The van der Waals surface area contributed by atoms with Gasteiger partial charge in [-0.25, -0.2) is 0 Å². The first-order valence-electron chi connectivity index (χ1n) is 4.28. The number of hydrogen-bond acceptors (Lipinski definition) is 0. The van der Waals surface area contributed by atoms with Gasteiger partial charge in [0.15, 0.2) is 0 Å². The van der Waals surface area contributed by atoms with Gasteiger partial charge in [-0.05, 0) is 36.5 Å². The third-order valence-electron chi connectivity index (χ3n) is 3.49. The summed E-state index contributed by atoms with van der Waals surface area (Å²) < 4.78 is 0. The lowest BCUT2D eigenvalue weighted by Gasteiger charge is -2.09. The van der Waals surface area contributed by atoms with Crippen LogP contribution in [0.4, 0.5) is 0 Å². The zero-order chi connectivity index (χ0) is 6.48. The largest absolute Gasteiger partial charge is 0.0648 e. The van der Waals surface area contributed by atoms with Crippen LogP contribution >= 0.6 is 0 Å². The lowest BCUT2D eigenvalue weighted by atomic mass is 9.96. The van der Waals surface area contributed by atoms with Crippen LogP contribution in [0.25, 0.3) is 0 Å². The number of rotatable bonds is 2. The minimum Gasteiger partial charge on any atom is -0.0648 e. The van der Waals surface area contributed by atoms with E-state index in [1.165, 1.54) is 12.8 Å². The van der Waals surface area contributed by atoms with Crippen LogP contribution in [0, 0.1) is 17.3 Å². The van der Waals surface area contributed by atoms with Crippen molar-refractivity contribution in [1.29, 1.82) is 0 Å². The molecule has 9 heavy (non-hydrogen) atoms. The van der Waals surface area contributed by atoms with Crippen molar-refractivity contribution in [2.24, 2.45) is 17.3 Å². The Balaban J connectivity index is 1.97. The molecule has 0 aromatic rings. The van der Waals surface area contributed by atoms with E-state index in [-0.39, 0.29) is 0 Å². The van der Waals surface area contributed by atoms with Crippen LogP contribution in [0.2, 0.25) is 0 Å². The Labute approximate surface area is 57.6 Å². The Morgan fingerprint density at radius 1 is 1.44 bits per heavy atom. The zero-order valence-corrected chi connectivity index (χ0v) is 6.48. The molecule has 0 N–H and O–H groups in total. The first-order chi connectivity index (χ1) is 4.28. The third kappa shape index (κ3) is 0.720. The molecule has 2 atom stereocenters. The highest BCUT2D eigenvalue weighted by molar-refractivity contribution is 5.05. The van der Waals surface area contributed by atoms with E-state index >= 15 is 0 Å². The van der Waals surface area contributed by atoms with Crippen molar-refractivity contribution in [3.8, 4) is 0 Å². The van der Waals surface area contributed by atoms with Gasteiger partial charge in [0.05, 0.1) is 0 Å². The summed E-state index contributed by atoms with van der Waals surface area (Å²) in [5.74, 6) is 2.22. The lowest BCUT2D eigenvalue weighted by molar-refractivity contribution is 0.404. The van der Waals surface area contributed by atoms with Crippen molar-refractivity contribution in [2.75, 3.05) is 0 Å². The van der Waals surface area contributed by atoms with Crippen LogP contribution in [-0.4, -0.2) is 0 Å². The van der Waals surface area contributed by atoms with Crippen molar-refractivity contribution < 1.29 is 0 Å². The van der Waals surface area contributed by atoms with Crippen LogP contribution < -0.4 is 0 Å². The summed E-state index contributed by atoms with van der Waals surface area (Å²) in [5.41, 5.74) is 0.874. The van der Waals surface area contributed by atoms with Gasteiger partial charge in [0, 0.05) is 0 Å². The van der Waals surface area contributed by atoms with Crippen molar-refractivity contribution in [2.45, 2.75) is 39.5 Å². The SMILES string of the molecule is CCC1(C2CC2C)CC1. The fraction of sp³-hybridized carbons (Fsp3) is 1.00. The minimum atomic E-state index is 0.874. The van der Waals surface area contributed by atoms with Crippen molar-refractivity contribution >= 4 is 0 Å². The summed E-state index contributed by atoms with van der Waals surface area (Å²) in [7, 11) is 0. The molecule has 0 spiro atoms. The van der Waals surface area contributed by atoms with Gasteiger partial charge in [0.1, 0.15) is 0 Å². The van der Waals surface area contributed by atoms with Crippen molar-refractivity contribution in [1.82, 2.24) is 0 Å². The van der Waals surface area contributed by atoms with Gasteiger partial charge in [0.2, 0.25) is 0 Å². The molecule has 0 aromatic heterocycles. The molecule has 52 valence electrons. The summed E-state index contributed by atoms with van der Waals surface area (Å²) in [6.45, 7) is 4.76. The van der Waals surface area contributed by atoms with Gasteiger partial charge in [-0.1, -0.05) is 20.3 Å². The molecule has 0 radical (unpaired) electrons. The molecule has 0 aliphatic heterocycles. The molecule has 2 fully saturated rings. The number of hydrogen-bond donors (Lipinski definition) is 0. The van der Waals surface area contributed by atoms with Gasteiger partial charge in [0.25, 0.3) is 0 Å². The Hall–Kier alpha value is 0. The summed E-state index contributed by atoms with van der Waals surface area (Å²) >= 11 is 0. The molecule has 2 unspecified atom stereocenters. The molecular weight excluding hydrogens is 108 g/mol. The van der Waals surface area contributed by atoms with Gasteiger partial charge >= 0.3 is 0 Å². The van der Waals surface area contributed by atoms with Crippen LogP contribution in [0.15, 0.2) is 0 Å². The second kappa shape index (κ2) is 1.53. The van der Waals surface area contributed by atoms with E-state index in [1.807, 2.05) is 0 Å². The van der Waals surface area contributed by atoms with Crippen LogP contribution in [0.5, 0.6) is 0 Å². The minimum absolute atomic E-state index is 0.874. The smallest absolute Gasteiger partial charge is 0.0269 e. The summed E-state index contributed by atoms with van der Waals surface area (Å²) in [5, 5.41) is 0. The van der Waals surface area contributed by atoms with E-state index in [2.05, 4.69) is 13.8 Å². The Morgan fingerprint density at radius 2 is 2.00 bits per heavy atom. The molecule has 0 aromatic carbocycles. The Morgan fingerprint density at radius 3 is 2.11 bits per heavy atom. The maximum Gasteiger partial charge on any atom is -0.0269 e. The highest BCUT2D eigenvalue weighted by Crippen LogP contribution is 2.65. The van der Waals surface area contributed by atoms with E-state index in [4.69, 9.17) is 0 Å². The molecule has 0 heterocycles. The summed E-state index contributed by atoms with van der Waals surface area (Å²) in [6.07, 6.45) is 6.06. The van der Waals surface area contributed by atoms with E-state index in [1.54, 1.807) is 12.8 Å². The molecule has 2 aliphatic rings. The molecule has 0 amide bonds. The molecule has 0 nitrogen and oxygen atoms in total. The van der Waals surface area contributed by atoms with Crippen LogP contribution in [-0.2, 0) is 0 Å². The third-order valence-corrected chi connectivity index (χ3v) is 3.49. The van der Waals surface area contributed by atoms with Crippen LogP contribution in [0.1, 0.15) is 39.5 Å². The van der Waals surface area contributed by atoms with Crippen LogP contribution in [0.3, 0.4) is 0 Å². The average molecular weight is 124 g/mol. The van der Waals surface area contributed by atoms with Crippen molar-refractivity contribution in [3.63, 3.8) is 0 Å². The Kier molecular flexibility index (Phi) is 0.980. The average Bonchev–Trinajstić information content (AvgIpc) is 2.63. The fourth-order valence-electron chi connectivity index (χ4n) is 2.32. The first kappa shape index (κ1) is 5.76. The van der Waals surface area contributed by atoms with E-state index in [0.717, 1.165) is 17.3 Å². The van der Waals surface area contributed by atoms with E-state index in [0.29, 0.717) is 0 Å². The standard InChI is InChI=1S/C9H16/c1-3-9(4-5-9)8-6-7(8)2/h7-8H,3-6H2,1-2H3. The first-order valence-corrected chi connectivity index (χ1v) is 4.28. The Bertz CT molecular complexity index is 122. The summed E-state index contributed by atoms with van der Waals surface area (Å²) in [4.78, 5) is 0. The summed E-state index contributed by atoms with van der Waals surface area (Å²) in [6, 6.07) is 0. The zero-order valence-electron chi connectivity index (χ0n) is 6.48. The molecule has 2 rings (SSSR count). The molecule has 0 saturated heterocycles. The van der Waals surface area contributed by atoms with E-state index in [9.17, 15) is 0 Å². The maximum atomic E-state index is 2.40. The monoisotopic (exact) mass is 124 g/mol. The quantitative estimate of drug-likeness (QED) is 0.531. The van der Waals surface area contributed by atoms with Gasteiger partial charge in [-0.2, -0.15) is 0 Å². The second-order valence-electron chi connectivity index (χ2n) is 4.04. The van der Waals surface area contributed by atoms with Crippen molar-refractivity contribution in [3.05, 3.63) is 0 Å². The highest BCUT2D eigenvalue weighted by atomic mass is 14.6. The fourth-order valence-corrected chi connectivity index (χ4v) is 2.32. The van der Waals surface area contributed by atoms with Gasteiger partial charge in [-0.15, -0.1) is 0 Å². The predicted octanol–water partition coefficient (Wildman–Crippen LogP) is 2.83. The predicted molar refractivity (Wildman–Crippen MR) is 39.2 cm³/mol. The molecule has 2 aliphatic carbocycles. The maximum absolute atomic E-state index is 2.40. The molecular formula is C9H16. The second-order valence-corrected chi connectivity index (χ2v) is 4.04. The topological polar surface area (TPSA) is 0 Å². The highest BCUT2D eigenvalue weighted by Gasteiger charge is 2.55. The van der Waals surface area contributed by atoms with Gasteiger partial charge in [-0.3, -0.25) is 0 Å². The molecule has 0 bridgehead atoms.